The molecule has 0 spiro atoms. The molecule has 1 fully saturated rings. The van der Waals surface area contributed by atoms with E-state index in [1.165, 1.54) is 30.3 Å². The Labute approximate surface area is 164 Å². The first-order chi connectivity index (χ1) is 13.8. The third kappa shape index (κ3) is 4.21. The van der Waals surface area contributed by atoms with Crippen LogP contribution < -0.4 is 10.6 Å². The van der Waals surface area contributed by atoms with Crippen molar-refractivity contribution in [2.24, 2.45) is 0 Å². The van der Waals surface area contributed by atoms with Crippen LogP contribution in [-0.4, -0.2) is 41.1 Å². The van der Waals surface area contributed by atoms with Crippen molar-refractivity contribution in [1.29, 1.82) is 0 Å². The SMILES string of the molecule is O=C(NC[C@@H]1CCCO1)c1cc2n(n1)[C@H](C(F)(F)F)C[C@@H](c1ccc(F)cc1)N2. The summed E-state index contributed by atoms with van der Waals surface area (Å²) in [5.74, 6) is -0.925. The van der Waals surface area contributed by atoms with Crippen LogP contribution in [0.15, 0.2) is 30.3 Å². The Kier molecular flexibility index (Phi) is 5.20. The normalized spacial score (nSPS) is 24.1. The largest absolute Gasteiger partial charge is 0.410 e. The highest BCUT2D eigenvalue weighted by molar-refractivity contribution is 5.93. The van der Waals surface area contributed by atoms with Gasteiger partial charge in [0, 0.05) is 25.6 Å². The lowest BCUT2D eigenvalue weighted by Gasteiger charge is -2.33. The summed E-state index contributed by atoms with van der Waals surface area (Å²) in [4.78, 5) is 12.4. The maximum absolute atomic E-state index is 13.7. The number of hydrogen-bond donors (Lipinski definition) is 2. The molecule has 1 aromatic carbocycles. The summed E-state index contributed by atoms with van der Waals surface area (Å²) in [5.41, 5.74) is 0.428. The van der Waals surface area contributed by atoms with E-state index in [0.717, 1.165) is 17.5 Å². The van der Waals surface area contributed by atoms with Crippen LogP contribution in [0.25, 0.3) is 0 Å². The van der Waals surface area contributed by atoms with Gasteiger partial charge in [0.1, 0.15) is 11.6 Å². The number of benzene rings is 1. The second kappa shape index (κ2) is 7.66. The molecule has 156 valence electrons. The van der Waals surface area contributed by atoms with E-state index >= 15 is 0 Å². The molecule has 0 bridgehead atoms. The number of fused-ring (bicyclic) bond motifs is 1. The summed E-state index contributed by atoms with van der Waals surface area (Å²) < 4.78 is 60.4. The zero-order chi connectivity index (χ0) is 20.6. The lowest BCUT2D eigenvalue weighted by atomic mass is 9.97. The highest BCUT2D eigenvalue weighted by Gasteiger charge is 2.46. The van der Waals surface area contributed by atoms with Gasteiger partial charge < -0.3 is 15.4 Å². The third-order valence-corrected chi connectivity index (χ3v) is 5.21. The van der Waals surface area contributed by atoms with Crippen LogP contribution >= 0.6 is 0 Å². The van der Waals surface area contributed by atoms with Gasteiger partial charge in [0.15, 0.2) is 11.7 Å². The van der Waals surface area contributed by atoms with E-state index in [9.17, 15) is 22.4 Å². The molecule has 29 heavy (non-hydrogen) atoms. The first-order valence-corrected chi connectivity index (χ1v) is 9.39. The van der Waals surface area contributed by atoms with Gasteiger partial charge in [-0.25, -0.2) is 9.07 Å². The van der Waals surface area contributed by atoms with Crippen molar-refractivity contribution in [3.8, 4) is 0 Å². The minimum atomic E-state index is -4.55. The van der Waals surface area contributed by atoms with E-state index in [-0.39, 0.29) is 30.6 Å². The molecule has 1 aromatic heterocycles. The molecule has 0 radical (unpaired) electrons. The number of carbonyl (C=O) groups excluding carboxylic acids is 1. The zero-order valence-electron chi connectivity index (χ0n) is 15.4. The van der Waals surface area contributed by atoms with Gasteiger partial charge in [-0.2, -0.15) is 18.3 Å². The molecule has 2 aliphatic heterocycles. The molecule has 0 aliphatic carbocycles. The fourth-order valence-corrected chi connectivity index (χ4v) is 3.70. The van der Waals surface area contributed by atoms with E-state index in [0.29, 0.717) is 12.2 Å². The smallest absolute Gasteiger partial charge is 0.376 e. The average Bonchev–Trinajstić information content (AvgIpc) is 3.34. The van der Waals surface area contributed by atoms with Crippen molar-refractivity contribution in [2.45, 2.75) is 43.6 Å². The second-order valence-corrected chi connectivity index (χ2v) is 7.25. The molecule has 10 heteroatoms. The van der Waals surface area contributed by atoms with Gasteiger partial charge >= 0.3 is 6.18 Å². The van der Waals surface area contributed by atoms with Gasteiger partial charge in [-0.05, 0) is 30.5 Å². The third-order valence-electron chi connectivity index (χ3n) is 5.21. The first-order valence-electron chi connectivity index (χ1n) is 9.39. The van der Waals surface area contributed by atoms with Crippen LogP contribution in [0.2, 0.25) is 0 Å². The maximum Gasteiger partial charge on any atom is 0.410 e. The van der Waals surface area contributed by atoms with Crippen molar-refractivity contribution in [2.75, 3.05) is 18.5 Å². The van der Waals surface area contributed by atoms with Crippen molar-refractivity contribution in [3.63, 3.8) is 0 Å². The predicted molar refractivity (Wildman–Crippen MR) is 96.0 cm³/mol. The summed E-state index contributed by atoms with van der Waals surface area (Å²) in [6, 6.07) is 4.02. The molecule has 0 unspecified atom stereocenters. The van der Waals surface area contributed by atoms with Crippen LogP contribution in [0.3, 0.4) is 0 Å². The highest BCUT2D eigenvalue weighted by Crippen LogP contribution is 2.43. The fourth-order valence-electron chi connectivity index (χ4n) is 3.70. The Morgan fingerprint density at radius 2 is 2.07 bits per heavy atom. The number of alkyl halides is 3. The molecule has 6 nitrogen and oxygen atoms in total. The number of rotatable bonds is 4. The number of hydrogen-bond acceptors (Lipinski definition) is 4. The van der Waals surface area contributed by atoms with E-state index in [2.05, 4.69) is 15.7 Å². The van der Waals surface area contributed by atoms with Crippen molar-refractivity contribution < 1.29 is 27.1 Å². The molecule has 2 aromatic rings. The van der Waals surface area contributed by atoms with Gasteiger partial charge in [0.25, 0.3) is 5.91 Å². The number of nitrogens with zero attached hydrogens (tertiary/aromatic N) is 2. The monoisotopic (exact) mass is 412 g/mol. The van der Waals surface area contributed by atoms with Crippen molar-refractivity contribution >= 4 is 11.7 Å². The van der Waals surface area contributed by atoms with Gasteiger partial charge in [0.2, 0.25) is 0 Å². The molecule has 2 N–H and O–H groups in total. The molecule has 3 heterocycles. The van der Waals surface area contributed by atoms with Gasteiger partial charge in [0.05, 0.1) is 12.1 Å². The van der Waals surface area contributed by atoms with E-state index in [1.54, 1.807) is 0 Å². The number of amides is 1. The molecule has 1 saturated heterocycles. The molecule has 4 rings (SSSR count). The average molecular weight is 412 g/mol. The number of halogens is 4. The van der Waals surface area contributed by atoms with Gasteiger partial charge in [-0.15, -0.1) is 0 Å². The molecule has 2 aliphatic rings. The number of ether oxygens (including phenoxy) is 1. The van der Waals surface area contributed by atoms with E-state index < -0.39 is 30.0 Å². The Morgan fingerprint density at radius 3 is 2.72 bits per heavy atom. The molecular weight excluding hydrogens is 392 g/mol. The fraction of sp³-hybridized carbons (Fsp3) is 0.474. The molecule has 0 saturated carbocycles. The predicted octanol–water partition coefficient (Wildman–Crippen LogP) is 3.59. The van der Waals surface area contributed by atoms with Crippen LogP contribution in [0.5, 0.6) is 0 Å². The quantitative estimate of drug-likeness (QED) is 0.754. The Balaban J connectivity index is 1.56. The summed E-state index contributed by atoms with van der Waals surface area (Å²) in [5, 5.41) is 9.55. The standard InChI is InChI=1S/C19H20F4N4O2/c20-12-5-3-11(4-6-12)14-8-16(19(21,22)23)27-17(25-14)9-15(26-27)18(28)24-10-13-2-1-7-29-13/h3-6,9,13-14,16,25H,1-2,7-8,10H2,(H,24,28)/t13-,14-,16-/m0/s1. The van der Waals surface area contributed by atoms with Crippen molar-refractivity contribution in [3.05, 3.63) is 47.4 Å². The summed E-state index contributed by atoms with van der Waals surface area (Å²) in [6.45, 7) is 0.927. The first kappa shape index (κ1) is 19.7. The minimum absolute atomic E-state index is 0.0832. The van der Waals surface area contributed by atoms with E-state index in [1.807, 2.05) is 0 Å². The van der Waals surface area contributed by atoms with Crippen LogP contribution in [0, 0.1) is 5.82 Å². The number of anilines is 1. The van der Waals surface area contributed by atoms with Crippen LogP contribution in [-0.2, 0) is 4.74 Å². The summed E-state index contributed by atoms with van der Waals surface area (Å²) in [6.07, 6.45) is -3.20. The highest BCUT2D eigenvalue weighted by atomic mass is 19.4. The Hall–Kier alpha value is -2.62. The lowest BCUT2D eigenvalue weighted by molar-refractivity contribution is -0.173. The summed E-state index contributed by atoms with van der Waals surface area (Å²) >= 11 is 0. The Morgan fingerprint density at radius 1 is 1.31 bits per heavy atom. The molecular formula is C19H20F4N4O2. The lowest BCUT2D eigenvalue weighted by Crippen LogP contribution is -2.36. The van der Waals surface area contributed by atoms with Crippen LogP contribution in [0.1, 0.15) is 47.4 Å². The molecule has 1 amide bonds. The van der Waals surface area contributed by atoms with Crippen molar-refractivity contribution in [1.82, 2.24) is 15.1 Å². The summed E-state index contributed by atoms with van der Waals surface area (Å²) in [7, 11) is 0. The number of aromatic nitrogens is 2. The number of nitrogens with one attached hydrogen (secondary N) is 2. The number of carbonyl (C=O) groups is 1. The second-order valence-electron chi connectivity index (χ2n) is 7.25. The zero-order valence-corrected chi connectivity index (χ0v) is 15.4. The Bertz CT molecular complexity index is 875. The van der Waals surface area contributed by atoms with Gasteiger partial charge in [-0.1, -0.05) is 12.1 Å². The maximum atomic E-state index is 13.7. The minimum Gasteiger partial charge on any atom is -0.376 e. The van der Waals surface area contributed by atoms with Gasteiger partial charge in [-0.3, -0.25) is 4.79 Å². The topological polar surface area (TPSA) is 68.2 Å². The molecule has 3 atom stereocenters. The van der Waals surface area contributed by atoms with Crippen LogP contribution in [0.4, 0.5) is 23.4 Å². The van der Waals surface area contributed by atoms with E-state index in [4.69, 9.17) is 4.74 Å².